The van der Waals surface area contributed by atoms with Crippen LogP contribution in [0.15, 0.2) is 66.9 Å². The second-order valence-electron chi connectivity index (χ2n) is 9.75. The van der Waals surface area contributed by atoms with Crippen molar-refractivity contribution in [1.82, 2.24) is 24.8 Å². The zero-order valence-electron chi connectivity index (χ0n) is 22.4. The molecule has 0 saturated heterocycles. The Kier molecular flexibility index (Phi) is 9.73. The van der Waals surface area contributed by atoms with Crippen molar-refractivity contribution >= 4 is 28.7 Å². The highest BCUT2D eigenvalue weighted by molar-refractivity contribution is 6.31. The van der Waals surface area contributed by atoms with E-state index in [1.165, 1.54) is 0 Å². The molecule has 1 N–H and O–H groups in total. The standard InChI is InChI=1S/C30H36ClN5O2/c1-4-16-36-28(34-27-13-8-14-33-29(27)36)21-35(20-22(2)3)30(37)23-10-7-11-25(18-23)38-17-15-32-19-24-9-5-6-12-26(24)31/h5-14,18,22,32H,4,15-17,19-21H2,1-3H3. The van der Waals surface area contributed by atoms with Crippen LogP contribution in [0.2, 0.25) is 5.02 Å². The second-order valence-corrected chi connectivity index (χ2v) is 10.2. The molecule has 0 spiro atoms. The fraction of sp³-hybridized carbons (Fsp3) is 0.367. The lowest BCUT2D eigenvalue weighted by molar-refractivity contribution is 0.0715. The van der Waals surface area contributed by atoms with Gasteiger partial charge in [-0.05, 0) is 54.3 Å². The molecule has 0 saturated carbocycles. The van der Waals surface area contributed by atoms with Gasteiger partial charge in [0.05, 0.1) is 6.54 Å². The minimum atomic E-state index is -0.0379. The Bertz CT molecular complexity index is 1350. The quantitative estimate of drug-likeness (QED) is 0.215. The first-order chi connectivity index (χ1) is 18.5. The van der Waals surface area contributed by atoms with Crippen LogP contribution in [-0.4, -0.2) is 45.0 Å². The van der Waals surface area contributed by atoms with Gasteiger partial charge in [0.25, 0.3) is 5.91 Å². The molecule has 0 aliphatic heterocycles. The van der Waals surface area contributed by atoms with E-state index in [2.05, 4.69) is 35.6 Å². The molecule has 2 aromatic carbocycles. The number of hydrogen-bond acceptors (Lipinski definition) is 5. The number of ether oxygens (including phenoxy) is 1. The Hall–Kier alpha value is -3.42. The summed E-state index contributed by atoms with van der Waals surface area (Å²) in [4.78, 5) is 24.9. The second kappa shape index (κ2) is 13.4. The zero-order chi connectivity index (χ0) is 26.9. The molecular formula is C30H36ClN5O2. The van der Waals surface area contributed by atoms with Gasteiger partial charge in [-0.15, -0.1) is 0 Å². The topological polar surface area (TPSA) is 72.3 Å². The highest BCUT2D eigenvalue weighted by Gasteiger charge is 2.21. The van der Waals surface area contributed by atoms with Crippen molar-refractivity contribution in [2.45, 2.75) is 46.8 Å². The minimum absolute atomic E-state index is 0.0379. The number of nitrogens with one attached hydrogen (secondary N) is 1. The first-order valence-corrected chi connectivity index (χ1v) is 13.6. The van der Waals surface area contributed by atoms with Gasteiger partial charge in [0, 0.05) is 43.0 Å². The Morgan fingerprint density at radius 2 is 1.97 bits per heavy atom. The van der Waals surface area contributed by atoms with Crippen LogP contribution in [0.25, 0.3) is 11.2 Å². The first-order valence-electron chi connectivity index (χ1n) is 13.2. The van der Waals surface area contributed by atoms with Gasteiger partial charge in [0.1, 0.15) is 23.7 Å². The third-order valence-electron chi connectivity index (χ3n) is 6.14. The van der Waals surface area contributed by atoms with Crippen LogP contribution < -0.4 is 10.1 Å². The molecule has 0 atom stereocenters. The Morgan fingerprint density at radius 1 is 1.13 bits per heavy atom. The average molecular weight is 534 g/mol. The molecule has 2 heterocycles. The van der Waals surface area contributed by atoms with Crippen molar-refractivity contribution in [3.63, 3.8) is 0 Å². The number of aryl methyl sites for hydroxylation is 1. The number of carbonyl (C=O) groups is 1. The summed E-state index contributed by atoms with van der Waals surface area (Å²) >= 11 is 6.22. The maximum absolute atomic E-state index is 13.7. The molecule has 0 aliphatic rings. The van der Waals surface area contributed by atoms with E-state index in [9.17, 15) is 4.79 Å². The van der Waals surface area contributed by atoms with Crippen molar-refractivity contribution < 1.29 is 9.53 Å². The summed E-state index contributed by atoms with van der Waals surface area (Å²) in [6, 6.07) is 19.0. The highest BCUT2D eigenvalue weighted by atomic mass is 35.5. The van der Waals surface area contributed by atoms with Crippen molar-refractivity contribution in [3.8, 4) is 5.75 Å². The minimum Gasteiger partial charge on any atom is -0.492 e. The molecule has 4 aromatic rings. The monoisotopic (exact) mass is 533 g/mol. The van der Waals surface area contributed by atoms with E-state index in [4.69, 9.17) is 21.3 Å². The summed E-state index contributed by atoms with van der Waals surface area (Å²) < 4.78 is 8.07. The summed E-state index contributed by atoms with van der Waals surface area (Å²) in [7, 11) is 0. The third kappa shape index (κ3) is 7.11. The maximum atomic E-state index is 13.7. The number of benzene rings is 2. The number of aromatic nitrogens is 3. The van der Waals surface area contributed by atoms with Crippen molar-refractivity contribution in [2.75, 3.05) is 19.7 Å². The molecule has 38 heavy (non-hydrogen) atoms. The molecule has 4 rings (SSSR count). The normalized spacial score (nSPS) is 11.3. The molecule has 200 valence electrons. The fourth-order valence-electron chi connectivity index (χ4n) is 4.42. The average Bonchev–Trinajstić information content (AvgIpc) is 3.25. The van der Waals surface area contributed by atoms with Crippen LogP contribution in [-0.2, 0) is 19.6 Å². The maximum Gasteiger partial charge on any atom is 0.254 e. The lowest BCUT2D eigenvalue weighted by Gasteiger charge is -2.25. The number of amides is 1. The molecule has 0 bridgehead atoms. The third-order valence-corrected chi connectivity index (χ3v) is 6.51. The van der Waals surface area contributed by atoms with Gasteiger partial charge in [-0.25, -0.2) is 9.97 Å². The molecule has 7 nitrogen and oxygen atoms in total. The molecule has 0 fully saturated rings. The molecular weight excluding hydrogens is 498 g/mol. The number of nitrogens with zero attached hydrogens (tertiary/aromatic N) is 4. The van der Waals surface area contributed by atoms with Crippen LogP contribution >= 0.6 is 11.6 Å². The van der Waals surface area contributed by atoms with Crippen LogP contribution in [0.3, 0.4) is 0 Å². The van der Waals surface area contributed by atoms with Gasteiger partial charge in [0.15, 0.2) is 5.65 Å². The number of imidazole rings is 1. The predicted molar refractivity (Wildman–Crippen MR) is 152 cm³/mol. The van der Waals surface area contributed by atoms with Crippen molar-refractivity contribution in [1.29, 1.82) is 0 Å². The van der Waals surface area contributed by atoms with Gasteiger partial charge < -0.3 is 19.5 Å². The number of fused-ring (bicyclic) bond motifs is 1. The molecule has 0 aliphatic carbocycles. The van der Waals surface area contributed by atoms with Crippen LogP contribution in [0.1, 0.15) is 48.9 Å². The van der Waals surface area contributed by atoms with Crippen LogP contribution in [0.5, 0.6) is 5.75 Å². The van der Waals surface area contributed by atoms with Gasteiger partial charge in [0.2, 0.25) is 0 Å². The van der Waals surface area contributed by atoms with Gasteiger partial charge >= 0.3 is 0 Å². The number of hydrogen-bond donors (Lipinski definition) is 1. The van der Waals surface area contributed by atoms with Gasteiger partial charge in [-0.3, -0.25) is 4.79 Å². The fourth-order valence-corrected chi connectivity index (χ4v) is 4.63. The van der Waals surface area contributed by atoms with E-state index in [0.717, 1.165) is 40.5 Å². The van der Waals surface area contributed by atoms with E-state index in [1.54, 1.807) is 6.20 Å². The highest BCUT2D eigenvalue weighted by Crippen LogP contribution is 2.20. The lowest BCUT2D eigenvalue weighted by atomic mass is 10.1. The predicted octanol–water partition coefficient (Wildman–Crippen LogP) is 5.96. The molecule has 0 unspecified atom stereocenters. The Morgan fingerprint density at radius 3 is 2.76 bits per heavy atom. The lowest BCUT2D eigenvalue weighted by Crippen LogP contribution is -2.34. The Balaban J connectivity index is 1.42. The van der Waals surface area contributed by atoms with Gasteiger partial charge in [-0.1, -0.05) is 56.6 Å². The van der Waals surface area contributed by atoms with E-state index < -0.39 is 0 Å². The summed E-state index contributed by atoms with van der Waals surface area (Å²) in [5.74, 6) is 1.79. The number of carbonyl (C=O) groups excluding carboxylic acids is 1. The molecule has 1 amide bonds. The Labute approximate surface area is 229 Å². The first kappa shape index (κ1) is 27.6. The van der Waals surface area contributed by atoms with E-state index in [0.29, 0.717) is 50.0 Å². The van der Waals surface area contributed by atoms with Crippen molar-refractivity contribution in [2.24, 2.45) is 5.92 Å². The number of pyridine rings is 1. The van der Waals surface area contributed by atoms with Crippen molar-refractivity contribution in [3.05, 3.63) is 88.8 Å². The van der Waals surface area contributed by atoms with Gasteiger partial charge in [-0.2, -0.15) is 0 Å². The number of halogens is 1. The summed E-state index contributed by atoms with van der Waals surface area (Å²) in [5.41, 5.74) is 3.37. The van der Waals surface area contributed by atoms with E-state index in [-0.39, 0.29) is 5.91 Å². The van der Waals surface area contributed by atoms with E-state index in [1.807, 2.05) is 65.6 Å². The van der Waals surface area contributed by atoms with Crippen LogP contribution in [0, 0.1) is 5.92 Å². The largest absolute Gasteiger partial charge is 0.492 e. The molecule has 0 radical (unpaired) electrons. The molecule has 2 aromatic heterocycles. The molecule has 8 heteroatoms. The smallest absolute Gasteiger partial charge is 0.254 e. The van der Waals surface area contributed by atoms with Crippen LogP contribution in [0.4, 0.5) is 0 Å². The summed E-state index contributed by atoms with van der Waals surface area (Å²) in [6.45, 7) is 10.0. The summed E-state index contributed by atoms with van der Waals surface area (Å²) in [6.07, 6.45) is 2.74. The van der Waals surface area contributed by atoms with E-state index >= 15 is 0 Å². The number of rotatable bonds is 13. The zero-order valence-corrected chi connectivity index (χ0v) is 23.1. The SMILES string of the molecule is CCCn1c(CN(CC(C)C)C(=O)c2cccc(OCCNCc3ccccc3Cl)c2)nc2cccnc21. The summed E-state index contributed by atoms with van der Waals surface area (Å²) in [5, 5.41) is 4.09.